The molecule has 1 atom stereocenters. The van der Waals surface area contributed by atoms with Crippen LogP contribution in [0.4, 0.5) is 11.8 Å². The predicted octanol–water partition coefficient (Wildman–Crippen LogP) is -0.00650. The van der Waals surface area contributed by atoms with Crippen molar-refractivity contribution in [3.8, 4) is 0 Å². The van der Waals surface area contributed by atoms with Crippen LogP contribution in [0.1, 0.15) is 16.9 Å². The van der Waals surface area contributed by atoms with Gasteiger partial charge in [-0.2, -0.15) is 9.71 Å². The van der Waals surface area contributed by atoms with E-state index in [1.165, 1.54) is 6.07 Å². The first-order chi connectivity index (χ1) is 12.7. The fourth-order valence-corrected chi connectivity index (χ4v) is 5.26. The molecule has 0 bridgehead atoms. The molecule has 0 aliphatic carbocycles. The summed E-state index contributed by atoms with van der Waals surface area (Å²) in [5.74, 6) is -0.446. The molecule has 0 fully saturated rings. The van der Waals surface area contributed by atoms with E-state index < -0.39 is 22.5 Å². The summed E-state index contributed by atoms with van der Waals surface area (Å²) in [6.07, 6.45) is 1.99. The highest BCUT2D eigenvalue weighted by atomic mass is 32.2. The van der Waals surface area contributed by atoms with Crippen LogP contribution in [0.2, 0.25) is 0 Å². The number of thiophene rings is 1. The molecule has 3 heterocycles. The van der Waals surface area contributed by atoms with Gasteiger partial charge in [0.25, 0.3) is 15.6 Å². The Morgan fingerprint density at radius 2 is 2.22 bits per heavy atom. The Bertz CT molecular complexity index is 1010. The van der Waals surface area contributed by atoms with Gasteiger partial charge in [-0.3, -0.25) is 14.6 Å². The van der Waals surface area contributed by atoms with Crippen molar-refractivity contribution in [2.45, 2.75) is 23.5 Å². The van der Waals surface area contributed by atoms with E-state index in [1.54, 1.807) is 6.07 Å². The van der Waals surface area contributed by atoms with Gasteiger partial charge in [0, 0.05) is 11.4 Å². The highest BCUT2D eigenvalue weighted by molar-refractivity contribution is 7.91. The van der Waals surface area contributed by atoms with Gasteiger partial charge in [0.2, 0.25) is 5.95 Å². The number of hydrogen-bond acceptors (Lipinski definition) is 8. The SMILES string of the molecule is Nc1nc2c(c(=O)[nH]1)CC(CCc1ccc(S(=O)(=O)NCC(=O)O)s1)CN2. The average Bonchev–Trinajstić information content (AvgIpc) is 3.08. The van der Waals surface area contributed by atoms with Crippen LogP contribution in [0.25, 0.3) is 0 Å². The van der Waals surface area contributed by atoms with E-state index in [-0.39, 0.29) is 21.6 Å². The van der Waals surface area contributed by atoms with Gasteiger partial charge in [-0.05, 0) is 37.3 Å². The summed E-state index contributed by atoms with van der Waals surface area (Å²) in [4.78, 5) is 30.0. The summed E-state index contributed by atoms with van der Waals surface area (Å²) < 4.78 is 26.2. The molecule has 6 N–H and O–H groups in total. The summed E-state index contributed by atoms with van der Waals surface area (Å²) >= 11 is 1.11. The summed E-state index contributed by atoms with van der Waals surface area (Å²) in [6.45, 7) is -0.00456. The van der Waals surface area contributed by atoms with E-state index in [1.807, 2.05) is 4.72 Å². The minimum atomic E-state index is -3.82. The Morgan fingerprint density at radius 3 is 2.96 bits per heavy atom. The fraction of sp³-hybridized carbons (Fsp3) is 0.400. The number of aryl methyl sites for hydroxylation is 1. The number of nitrogens with two attached hydrogens (primary N) is 1. The van der Waals surface area contributed by atoms with Crippen LogP contribution in [0.3, 0.4) is 0 Å². The number of carbonyl (C=O) groups is 1. The maximum Gasteiger partial charge on any atom is 0.318 e. The Morgan fingerprint density at radius 1 is 1.44 bits per heavy atom. The van der Waals surface area contributed by atoms with Gasteiger partial charge in [0.1, 0.15) is 16.6 Å². The monoisotopic (exact) mass is 413 g/mol. The van der Waals surface area contributed by atoms with Crippen LogP contribution in [0, 0.1) is 5.92 Å². The topological polar surface area (TPSA) is 167 Å². The van der Waals surface area contributed by atoms with Crippen molar-refractivity contribution in [3.05, 3.63) is 32.9 Å². The van der Waals surface area contributed by atoms with Crippen LogP contribution < -0.4 is 21.3 Å². The normalized spacial score (nSPS) is 16.5. The van der Waals surface area contributed by atoms with E-state index >= 15 is 0 Å². The first kappa shape index (κ1) is 19.3. The summed E-state index contributed by atoms with van der Waals surface area (Å²) in [5, 5.41) is 11.7. The number of H-pyrrole nitrogens is 1. The zero-order valence-corrected chi connectivity index (χ0v) is 15.8. The molecular weight excluding hydrogens is 394 g/mol. The second-order valence-electron chi connectivity index (χ2n) is 6.21. The molecule has 10 nitrogen and oxygen atoms in total. The number of aromatic amines is 1. The number of anilines is 2. The van der Waals surface area contributed by atoms with Gasteiger partial charge in [0.05, 0.1) is 5.56 Å². The molecule has 0 aromatic carbocycles. The number of nitrogens with zero attached hydrogens (tertiary/aromatic N) is 1. The largest absolute Gasteiger partial charge is 0.480 e. The van der Waals surface area contributed by atoms with Crippen LogP contribution in [-0.4, -0.2) is 42.6 Å². The van der Waals surface area contributed by atoms with Gasteiger partial charge < -0.3 is 16.2 Å². The smallest absolute Gasteiger partial charge is 0.318 e. The van der Waals surface area contributed by atoms with Crippen molar-refractivity contribution in [2.75, 3.05) is 24.1 Å². The lowest BCUT2D eigenvalue weighted by Gasteiger charge is -2.24. The van der Waals surface area contributed by atoms with Gasteiger partial charge >= 0.3 is 5.97 Å². The molecule has 2 aromatic rings. The van der Waals surface area contributed by atoms with Crippen LogP contribution in [-0.2, 0) is 27.7 Å². The zero-order valence-electron chi connectivity index (χ0n) is 14.2. The summed E-state index contributed by atoms with van der Waals surface area (Å²) in [5.41, 5.74) is 5.87. The maximum absolute atomic E-state index is 12.0. The molecule has 27 heavy (non-hydrogen) atoms. The third kappa shape index (κ3) is 4.64. The highest BCUT2D eigenvalue weighted by Gasteiger charge is 2.23. The Labute approximate surface area is 158 Å². The molecule has 2 aromatic heterocycles. The van der Waals surface area contributed by atoms with Crippen molar-refractivity contribution >= 4 is 39.1 Å². The van der Waals surface area contributed by atoms with E-state index in [4.69, 9.17) is 10.8 Å². The third-order valence-electron chi connectivity index (χ3n) is 4.20. The van der Waals surface area contributed by atoms with Gasteiger partial charge in [-0.15, -0.1) is 11.3 Å². The molecule has 12 heteroatoms. The lowest BCUT2D eigenvalue weighted by Crippen LogP contribution is -2.30. The van der Waals surface area contributed by atoms with E-state index in [0.717, 1.165) is 22.6 Å². The Hall–Kier alpha value is -2.44. The number of hydrogen-bond donors (Lipinski definition) is 5. The van der Waals surface area contributed by atoms with Gasteiger partial charge in [0.15, 0.2) is 0 Å². The molecule has 1 aliphatic rings. The zero-order chi connectivity index (χ0) is 19.6. The fourth-order valence-electron chi connectivity index (χ4n) is 2.87. The van der Waals surface area contributed by atoms with Crippen molar-refractivity contribution in [3.63, 3.8) is 0 Å². The number of aromatic nitrogens is 2. The van der Waals surface area contributed by atoms with Crippen molar-refractivity contribution in [2.24, 2.45) is 5.92 Å². The van der Waals surface area contributed by atoms with Crippen molar-refractivity contribution < 1.29 is 18.3 Å². The number of nitrogens with one attached hydrogen (secondary N) is 3. The number of rotatable bonds is 7. The number of fused-ring (bicyclic) bond motifs is 1. The second-order valence-corrected chi connectivity index (χ2v) is 9.37. The standard InChI is InChI=1S/C15H19N5O5S2/c16-15-19-13-10(14(23)20-15)5-8(6-17-13)1-2-9-3-4-12(26-9)27(24,25)18-7-11(21)22/h3-4,8,18H,1-2,5-7H2,(H,21,22)(H4,16,17,19,20,23). The first-order valence-electron chi connectivity index (χ1n) is 8.17. The molecule has 0 saturated carbocycles. The van der Waals surface area contributed by atoms with Crippen molar-refractivity contribution in [1.29, 1.82) is 0 Å². The predicted molar refractivity (Wildman–Crippen MR) is 100 cm³/mol. The quantitative estimate of drug-likeness (QED) is 0.422. The molecule has 146 valence electrons. The molecule has 0 amide bonds. The Kier molecular flexibility index (Phi) is 5.48. The molecule has 1 unspecified atom stereocenters. The second kappa shape index (κ2) is 7.66. The number of nitrogen functional groups attached to an aromatic ring is 1. The Balaban J connectivity index is 1.61. The van der Waals surface area contributed by atoms with Crippen LogP contribution >= 0.6 is 11.3 Å². The number of sulfonamides is 1. The molecule has 0 spiro atoms. The lowest BCUT2D eigenvalue weighted by molar-refractivity contribution is -0.135. The lowest BCUT2D eigenvalue weighted by atomic mass is 9.92. The third-order valence-corrected chi connectivity index (χ3v) is 7.24. The highest BCUT2D eigenvalue weighted by Crippen LogP contribution is 2.27. The summed E-state index contributed by atoms with van der Waals surface area (Å²) in [6, 6.07) is 3.19. The maximum atomic E-state index is 12.0. The minimum absolute atomic E-state index is 0.0773. The molecule has 0 radical (unpaired) electrons. The van der Waals surface area contributed by atoms with E-state index in [2.05, 4.69) is 15.3 Å². The van der Waals surface area contributed by atoms with Gasteiger partial charge in [-0.25, -0.2) is 8.42 Å². The molecule has 1 aliphatic heterocycles. The average molecular weight is 413 g/mol. The number of carboxylic acids is 1. The molecule has 3 rings (SSSR count). The number of aliphatic carboxylic acids is 1. The first-order valence-corrected chi connectivity index (χ1v) is 10.5. The van der Waals surface area contributed by atoms with E-state index in [9.17, 15) is 18.0 Å². The van der Waals surface area contributed by atoms with E-state index in [0.29, 0.717) is 30.8 Å². The van der Waals surface area contributed by atoms with Gasteiger partial charge in [-0.1, -0.05) is 0 Å². The van der Waals surface area contributed by atoms with Crippen LogP contribution in [0.15, 0.2) is 21.1 Å². The van der Waals surface area contributed by atoms with Crippen LogP contribution in [0.5, 0.6) is 0 Å². The minimum Gasteiger partial charge on any atom is -0.480 e. The molecular formula is C15H19N5O5S2. The number of carboxylic acid groups (broad SMARTS) is 1. The summed E-state index contributed by atoms with van der Waals surface area (Å²) in [7, 11) is -3.82. The van der Waals surface area contributed by atoms with Crippen molar-refractivity contribution in [1.82, 2.24) is 14.7 Å². The molecule has 0 saturated heterocycles.